The SMILES string of the molecule is Cc1ccc(CN(C)C(=O)CSc2nc3ccc(Cl)cc3[nH]2)cc1. The van der Waals surface area contributed by atoms with Crippen molar-refractivity contribution < 1.29 is 4.79 Å². The van der Waals surface area contributed by atoms with Crippen molar-refractivity contribution in [1.82, 2.24) is 14.9 Å². The molecule has 0 aliphatic heterocycles. The van der Waals surface area contributed by atoms with Crippen molar-refractivity contribution in [2.45, 2.75) is 18.6 Å². The van der Waals surface area contributed by atoms with Gasteiger partial charge in [0.2, 0.25) is 5.91 Å². The maximum atomic E-state index is 12.3. The highest BCUT2D eigenvalue weighted by Crippen LogP contribution is 2.22. The molecule has 0 radical (unpaired) electrons. The lowest BCUT2D eigenvalue weighted by Gasteiger charge is -2.16. The Morgan fingerprint density at radius 1 is 1.25 bits per heavy atom. The van der Waals surface area contributed by atoms with Crippen molar-refractivity contribution >= 4 is 40.3 Å². The summed E-state index contributed by atoms with van der Waals surface area (Å²) >= 11 is 7.37. The van der Waals surface area contributed by atoms with Crippen molar-refractivity contribution in [2.24, 2.45) is 0 Å². The number of aromatic amines is 1. The van der Waals surface area contributed by atoms with Gasteiger partial charge in [0.05, 0.1) is 16.8 Å². The van der Waals surface area contributed by atoms with Crippen LogP contribution in [0.2, 0.25) is 5.02 Å². The van der Waals surface area contributed by atoms with Crippen LogP contribution in [0.5, 0.6) is 0 Å². The summed E-state index contributed by atoms with van der Waals surface area (Å²) in [4.78, 5) is 21.7. The molecule has 0 aliphatic rings. The van der Waals surface area contributed by atoms with E-state index in [0.717, 1.165) is 21.8 Å². The number of hydrogen-bond donors (Lipinski definition) is 1. The number of amides is 1. The molecule has 0 bridgehead atoms. The average Bonchev–Trinajstić information content (AvgIpc) is 2.96. The van der Waals surface area contributed by atoms with Crippen LogP contribution in [0.1, 0.15) is 11.1 Å². The first-order chi connectivity index (χ1) is 11.5. The van der Waals surface area contributed by atoms with Crippen molar-refractivity contribution in [2.75, 3.05) is 12.8 Å². The number of aryl methyl sites for hydroxylation is 1. The number of carbonyl (C=O) groups excluding carboxylic acids is 1. The number of carbonyl (C=O) groups is 1. The first-order valence-corrected chi connectivity index (χ1v) is 8.95. The molecule has 1 heterocycles. The molecule has 0 aliphatic carbocycles. The van der Waals surface area contributed by atoms with E-state index in [9.17, 15) is 4.79 Å². The van der Waals surface area contributed by atoms with E-state index in [2.05, 4.69) is 41.2 Å². The summed E-state index contributed by atoms with van der Waals surface area (Å²) in [6.45, 7) is 2.66. The average molecular weight is 360 g/mol. The summed E-state index contributed by atoms with van der Waals surface area (Å²) in [6, 6.07) is 13.7. The van der Waals surface area contributed by atoms with E-state index in [1.807, 2.05) is 19.2 Å². The summed E-state index contributed by atoms with van der Waals surface area (Å²) in [5.74, 6) is 0.412. The number of nitrogens with zero attached hydrogens (tertiary/aromatic N) is 2. The zero-order chi connectivity index (χ0) is 17.1. The monoisotopic (exact) mass is 359 g/mol. The summed E-state index contributed by atoms with van der Waals surface area (Å²) < 4.78 is 0. The van der Waals surface area contributed by atoms with Gasteiger partial charge < -0.3 is 9.88 Å². The van der Waals surface area contributed by atoms with Gasteiger partial charge in [0.15, 0.2) is 5.16 Å². The largest absolute Gasteiger partial charge is 0.341 e. The van der Waals surface area contributed by atoms with E-state index in [0.29, 0.717) is 17.3 Å². The number of aromatic nitrogens is 2. The maximum Gasteiger partial charge on any atom is 0.233 e. The molecule has 0 atom stereocenters. The molecule has 0 saturated carbocycles. The van der Waals surface area contributed by atoms with E-state index in [1.165, 1.54) is 17.3 Å². The Balaban J connectivity index is 1.58. The van der Waals surface area contributed by atoms with Crippen molar-refractivity contribution in [1.29, 1.82) is 0 Å². The Labute approximate surface area is 150 Å². The molecule has 0 saturated heterocycles. The number of rotatable bonds is 5. The van der Waals surface area contributed by atoms with Gasteiger partial charge in [0.1, 0.15) is 0 Å². The van der Waals surface area contributed by atoms with Gasteiger partial charge in [-0.25, -0.2) is 4.98 Å². The summed E-state index contributed by atoms with van der Waals surface area (Å²) in [6.07, 6.45) is 0. The first-order valence-electron chi connectivity index (χ1n) is 7.59. The minimum atomic E-state index is 0.0686. The Hall–Kier alpha value is -1.98. The highest BCUT2D eigenvalue weighted by molar-refractivity contribution is 7.99. The predicted molar refractivity (Wildman–Crippen MR) is 99.5 cm³/mol. The molecule has 124 valence electrons. The molecule has 1 aromatic heterocycles. The van der Waals surface area contributed by atoms with Gasteiger partial charge in [0, 0.05) is 18.6 Å². The molecule has 0 spiro atoms. The number of nitrogens with one attached hydrogen (secondary N) is 1. The second-order valence-corrected chi connectivity index (χ2v) is 7.13. The number of benzene rings is 2. The van der Waals surface area contributed by atoms with Crippen LogP contribution in [0.15, 0.2) is 47.6 Å². The Kier molecular flexibility index (Phi) is 5.11. The minimum Gasteiger partial charge on any atom is -0.341 e. The predicted octanol–water partition coefficient (Wildman–Crippen LogP) is 4.28. The Morgan fingerprint density at radius 2 is 2.00 bits per heavy atom. The van der Waals surface area contributed by atoms with E-state index in [-0.39, 0.29) is 5.91 Å². The number of imidazole rings is 1. The topological polar surface area (TPSA) is 49.0 Å². The molecule has 3 rings (SSSR count). The molecule has 24 heavy (non-hydrogen) atoms. The quantitative estimate of drug-likeness (QED) is 0.692. The van der Waals surface area contributed by atoms with E-state index in [4.69, 9.17) is 11.6 Å². The van der Waals surface area contributed by atoms with Gasteiger partial charge in [-0.05, 0) is 30.7 Å². The zero-order valence-corrected chi connectivity index (χ0v) is 15.1. The second-order valence-electron chi connectivity index (χ2n) is 5.73. The molecular formula is C18H18ClN3OS. The standard InChI is InChI=1S/C18H18ClN3OS/c1-12-3-5-13(6-4-12)10-22(2)17(23)11-24-18-20-15-8-7-14(19)9-16(15)21-18/h3-9H,10-11H2,1-2H3,(H,20,21). The second kappa shape index (κ2) is 7.28. The summed E-state index contributed by atoms with van der Waals surface area (Å²) in [7, 11) is 1.82. The van der Waals surface area contributed by atoms with E-state index >= 15 is 0 Å². The van der Waals surface area contributed by atoms with Crippen LogP contribution in [0.4, 0.5) is 0 Å². The number of thioether (sulfide) groups is 1. The molecule has 0 unspecified atom stereocenters. The van der Waals surface area contributed by atoms with Crippen molar-refractivity contribution in [3.63, 3.8) is 0 Å². The third-order valence-electron chi connectivity index (χ3n) is 3.72. The summed E-state index contributed by atoms with van der Waals surface area (Å²) in [5.41, 5.74) is 4.07. The van der Waals surface area contributed by atoms with Gasteiger partial charge in [-0.2, -0.15) is 0 Å². The van der Waals surface area contributed by atoms with E-state index in [1.54, 1.807) is 11.0 Å². The van der Waals surface area contributed by atoms with Crippen LogP contribution < -0.4 is 0 Å². The molecule has 4 nitrogen and oxygen atoms in total. The molecular weight excluding hydrogens is 342 g/mol. The van der Waals surface area contributed by atoms with Crippen LogP contribution in [-0.4, -0.2) is 33.6 Å². The third-order valence-corrected chi connectivity index (χ3v) is 4.81. The lowest BCUT2D eigenvalue weighted by atomic mass is 10.1. The zero-order valence-electron chi connectivity index (χ0n) is 13.5. The first kappa shape index (κ1) is 16.9. The fourth-order valence-corrected chi connectivity index (χ4v) is 3.32. The van der Waals surface area contributed by atoms with Gasteiger partial charge in [-0.3, -0.25) is 4.79 Å². The Morgan fingerprint density at radius 3 is 2.75 bits per heavy atom. The van der Waals surface area contributed by atoms with Gasteiger partial charge in [0.25, 0.3) is 0 Å². The van der Waals surface area contributed by atoms with Gasteiger partial charge in [-0.15, -0.1) is 0 Å². The highest BCUT2D eigenvalue weighted by atomic mass is 35.5. The van der Waals surface area contributed by atoms with Crippen LogP contribution in [-0.2, 0) is 11.3 Å². The minimum absolute atomic E-state index is 0.0686. The van der Waals surface area contributed by atoms with Gasteiger partial charge >= 0.3 is 0 Å². The molecule has 2 aromatic carbocycles. The Bertz CT molecular complexity index is 860. The van der Waals surface area contributed by atoms with Gasteiger partial charge in [-0.1, -0.05) is 53.2 Å². The van der Waals surface area contributed by atoms with E-state index < -0.39 is 0 Å². The molecule has 3 aromatic rings. The van der Waals surface area contributed by atoms with Crippen molar-refractivity contribution in [3.8, 4) is 0 Å². The molecule has 0 fully saturated rings. The lowest BCUT2D eigenvalue weighted by Crippen LogP contribution is -2.27. The molecule has 1 N–H and O–H groups in total. The number of H-pyrrole nitrogens is 1. The number of hydrogen-bond acceptors (Lipinski definition) is 3. The van der Waals surface area contributed by atoms with Crippen LogP contribution >= 0.6 is 23.4 Å². The smallest absolute Gasteiger partial charge is 0.233 e. The fraction of sp³-hybridized carbons (Fsp3) is 0.222. The molecule has 6 heteroatoms. The fourth-order valence-electron chi connectivity index (χ4n) is 2.32. The van der Waals surface area contributed by atoms with Crippen LogP contribution in [0.25, 0.3) is 11.0 Å². The summed E-state index contributed by atoms with van der Waals surface area (Å²) in [5, 5.41) is 1.39. The normalized spacial score (nSPS) is 11.0. The van der Waals surface area contributed by atoms with Crippen molar-refractivity contribution in [3.05, 3.63) is 58.6 Å². The van der Waals surface area contributed by atoms with Crippen LogP contribution in [0.3, 0.4) is 0 Å². The third kappa shape index (κ3) is 4.10. The highest BCUT2D eigenvalue weighted by Gasteiger charge is 2.12. The maximum absolute atomic E-state index is 12.3. The molecule has 1 amide bonds. The lowest BCUT2D eigenvalue weighted by molar-refractivity contribution is -0.127. The number of fused-ring (bicyclic) bond motifs is 1. The van der Waals surface area contributed by atoms with Crippen LogP contribution in [0, 0.1) is 6.92 Å². The number of halogens is 1.